The van der Waals surface area contributed by atoms with Crippen LogP contribution < -0.4 is 5.32 Å². The first kappa shape index (κ1) is 14.9. The van der Waals surface area contributed by atoms with Crippen molar-refractivity contribution in [1.82, 2.24) is 10.3 Å². The fourth-order valence-electron chi connectivity index (χ4n) is 1.68. The second-order valence-corrected chi connectivity index (χ2v) is 6.12. The third-order valence-electron chi connectivity index (χ3n) is 2.91. The van der Waals surface area contributed by atoms with E-state index in [9.17, 15) is 9.90 Å². The topological polar surface area (TPSA) is 82.5 Å². The van der Waals surface area contributed by atoms with Crippen LogP contribution in [0.25, 0.3) is 10.2 Å². The Morgan fingerprint density at radius 2 is 2.20 bits per heavy atom. The average Bonchev–Trinajstić information content (AvgIpc) is 2.86. The van der Waals surface area contributed by atoms with Crippen LogP contribution in [0.1, 0.15) is 18.4 Å². The smallest absolute Gasteiger partial charge is 0.220 e. The summed E-state index contributed by atoms with van der Waals surface area (Å²) in [5, 5.41) is 22.0. The first-order valence-electron chi connectivity index (χ1n) is 6.44. The number of aromatic nitrogens is 1. The standard InChI is InChI=1S/C14H18N2O3S/c1-14(19,9-17)8-15-12(18)6-7-13-16-10-4-2-3-5-11(10)20-13/h2-5,17,19H,6-9H2,1H3,(H,15,18). The molecular weight excluding hydrogens is 276 g/mol. The maximum atomic E-state index is 11.7. The third kappa shape index (κ3) is 4.00. The molecule has 0 radical (unpaired) electrons. The highest BCUT2D eigenvalue weighted by molar-refractivity contribution is 7.18. The van der Waals surface area contributed by atoms with Crippen molar-refractivity contribution in [3.8, 4) is 0 Å². The quantitative estimate of drug-likeness (QED) is 0.745. The maximum absolute atomic E-state index is 11.7. The van der Waals surface area contributed by atoms with Crippen molar-refractivity contribution in [3.63, 3.8) is 0 Å². The van der Waals surface area contributed by atoms with Crippen LogP contribution in [-0.2, 0) is 11.2 Å². The molecule has 1 amide bonds. The van der Waals surface area contributed by atoms with E-state index in [0.29, 0.717) is 12.8 Å². The molecule has 0 aliphatic heterocycles. The molecule has 0 aliphatic carbocycles. The molecule has 0 saturated carbocycles. The van der Waals surface area contributed by atoms with Gasteiger partial charge < -0.3 is 15.5 Å². The van der Waals surface area contributed by atoms with Gasteiger partial charge in [-0.1, -0.05) is 12.1 Å². The molecule has 1 aromatic heterocycles. The number of thiazole rings is 1. The molecule has 1 heterocycles. The summed E-state index contributed by atoms with van der Waals surface area (Å²) in [5.41, 5.74) is -0.318. The van der Waals surface area contributed by atoms with E-state index in [1.807, 2.05) is 24.3 Å². The lowest BCUT2D eigenvalue weighted by molar-refractivity contribution is -0.122. The van der Waals surface area contributed by atoms with Crippen LogP contribution in [0, 0.1) is 0 Å². The van der Waals surface area contributed by atoms with Gasteiger partial charge in [0.25, 0.3) is 0 Å². The number of nitrogens with zero attached hydrogens (tertiary/aromatic N) is 1. The highest BCUT2D eigenvalue weighted by atomic mass is 32.1. The number of hydrogen-bond donors (Lipinski definition) is 3. The van der Waals surface area contributed by atoms with Crippen LogP contribution in [0.4, 0.5) is 0 Å². The molecule has 20 heavy (non-hydrogen) atoms. The molecule has 0 saturated heterocycles. The summed E-state index contributed by atoms with van der Waals surface area (Å²) in [6.45, 7) is 1.13. The van der Waals surface area contributed by atoms with Crippen molar-refractivity contribution < 1.29 is 15.0 Å². The highest BCUT2D eigenvalue weighted by Gasteiger charge is 2.19. The summed E-state index contributed by atoms with van der Waals surface area (Å²) in [6, 6.07) is 7.87. The number of nitrogens with one attached hydrogen (secondary N) is 1. The average molecular weight is 294 g/mol. The van der Waals surface area contributed by atoms with E-state index < -0.39 is 5.60 Å². The summed E-state index contributed by atoms with van der Waals surface area (Å²) in [5.74, 6) is -0.155. The Bertz CT molecular complexity index is 562. The zero-order valence-electron chi connectivity index (χ0n) is 11.3. The van der Waals surface area contributed by atoms with Crippen molar-refractivity contribution in [2.75, 3.05) is 13.2 Å². The Kier molecular flexibility index (Phi) is 4.69. The molecule has 108 valence electrons. The second kappa shape index (κ2) is 6.30. The monoisotopic (exact) mass is 294 g/mol. The number of carbonyl (C=O) groups excluding carboxylic acids is 1. The number of fused-ring (bicyclic) bond motifs is 1. The summed E-state index contributed by atoms with van der Waals surface area (Å²) < 4.78 is 1.12. The first-order chi connectivity index (χ1) is 9.50. The molecule has 3 N–H and O–H groups in total. The number of benzene rings is 1. The van der Waals surface area contributed by atoms with Crippen LogP contribution in [0.5, 0.6) is 0 Å². The van der Waals surface area contributed by atoms with Crippen LogP contribution in [0.15, 0.2) is 24.3 Å². The lowest BCUT2D eigenvalue weighted by Crippen LogP contribution is -2.43. The van der Waals surface area contributed by atoms with Crippen LogP contribution in [0.2, 0.25) is 0 Å². The number of aliphatic hydroxyl groups excluding tert-OH is 1. The number of carbonyl (C=O) groups is 1. The zero-order valence-corrected chi connectivity index (χ0v) is 12.1. The number of rotatable bonds is 6. The Morgan fingerprint density at radius 3 is 2.90 bits per heavy atom. The molecule has 2 rings (SSSR count). The maximum Gasteiger partial charge on any atom is 0.220 e. The number of aliphatic hydroxyl groups is 2. The van der Waals surface area contributed by atoms with Gasteiger partial charge in [0, 0.05) is 19.4 Å². The van der Waals surface area contributed by atoms with E-state index in [0.717, 1.165) is 15.2 Å². The Balaban J connectivity index is 1.84. The van der Waals surface area contributed by atoms with Crippen LogP contribution >= 0.6 is 11.3 Å². The summed E-state index contributed by atoms with van der Waals surface area (Å²) in [6.07, 6.45) is 0.897. The van der Waals surface area contributed by atoms with Gasteiger partial charge in [0.1, 0.15) is 5.60 Å². The predicted octanol–water partition coefficient (Wildman–Crippen LogP) is 1.09. The molecule has 6 heteroatoms. The van der Waals surface area contributed by atoms with Crippen molar-refractivity contribution in [2.24, 2.45) is 0 Å². The largest absolute Gasteiger partial charge is 0.393 e. The third-order valence-corrected chi connectivity index (χ3v) is 4.01. The van der Waals surface area contributed by atoms with Crippen LogP contribution in [0.3, 0.4) is 0 Å². The molecule has 2 aromatic rings. The van der Waals surface area contributed by atoms with Gasteiger partial charge >= 0.3 is 0 Å². The zero-order chi connectivity index (χ0) is 14.6. The summed E-state index contributed by atoms with van der Waals surface area (Å²) in [4.78, 5) is 16.1. The van der Waals surface area contributed by atoms with E-state index >= 15 is 0 Å². The normalized spacial score (nSPS) is 14.2. The molecule has 5 nitrogen and oxygen atoms in total. The van der Waals surface area contributed by atoms with E-state index in [1.165, 1.54) is 6.92 Å². The molecule has 1 atom stereocenters. The Morgan fingerprint density at radius 1 is 1.45 bits per heavy atom. The number of para-hydroxylation sites is 1. The number of amides is 1. The lowest BCUT2D eigenvalue weighted by Gasteiger charge is -2.20. The van der Waals surface area contributed by atoms with Crippen molar-refractivity contribution in [3.05, 3.63) is 29.3 Å². The Labute approximate surface area is 121 Å². The predicted molar refractivity (Wildman–Crippen MR) is 78.7 cm³/mol. The minimum absolute atomic E-state index is 0.0438. The fourth-order valence-corrected chi connectivity index (χ4v) is 2.65. The SMILES string of the molecule is CC(O)(CO)CNC(=O)CCc1nc2ccccc2s1. The molecular formula is C14H18N2O3S. The number of aryl methyl sites for hydroxylation is 1. The Hall–Kier alpha value is -1.50. The minimum atomic E-state index is -1.27. The van der Waals surface area contributed by atoms with E-state index in [4.69, 9.17) is 5.11 Å². The molecule has 0 fully saturated rings. The summed E-state index contributed by atoms with van der Waals surface area (Å²) >= 11 is 1.59. The van der Waals surface area contributed by atoms with Crippen molar-refractivity contribution in [1.29, 1.82) is 0 Å². The van der Waals surface area contributed by atoms with Gasteiger partial charge in [-0.2, -0.15) is 0 Å². The fraction of sp³-hybridized carbons (Fsp3) is 0.429. The van der Waals surface area contributed by atoms with Gasteiger partial charge in [0.15, 0.2) is 0 Å². The molecule has 0 bridgehead atoms. The molecule has 0 spiro atoms. The van der Waals surface area contributed by atoms with Crippen molar-refractivity contribution >= 4 is 27.5 Å². The van der Waals surface area contributed by atoms with E-state index in [-0.39, 0.29) is 19.1 Å². The highest BCUT2D eigenvalue weighted by Crippen LogP contribution is 2.22. The summed E-state index contributed by atoms with van der Waals surface area (Å²) in [7, 11) is 0. The van der Waals surface area contributed by atoms with Crippen LogP contribution in [-0.4, -0.2) is 39.9 Å². The van der Waals surface area contributed by atoms with Gasteiger partial charge in [-0.05, 0) is 19.1 Å². The minimum Gasteiger partial charge on any atom is -0.393 e. The lowest BCUT2D eigenvalue weighted by atomic mass is 10.1. The molecule has 1 aromatic carbocycles. The van der Waals surface area contributed by atoms with Crippen molar-refractivity contribution in [2.45, 2.75) is 25.4 Å². The van der Waals surface area contributed by atoms with E-state index in [1.54, 1.807) is 11.3 Å². The van der Waals surface area contributed by atoms with Gasteiger partial charge in [-0.15, -0.1) is 11.3 Å². The number of hydrogen-bond acceptors (Lipinski definition) is 5. The molecule has 1 unspecified atom stereocenters. The second-order valence-electron chi connectivity index (χ2n) is 5.01. The van der Waals surface area contributed by atoms with Gasteiger partial charge in [-0.3, -0.25) is 4.79 Å². The molecule has 0 aliphatic rings. The van der Waals surface area contributed by atoms with Gasteiger partial charge in [0.2, 0.25) is 5.91 Å². The van der Waals surface area contributed by atoms with E-state index in [2.05, 4.69) is 10.3 Å². The first-order valence-corrected chi connectivity index (χ1v) is 7.26. The van der Waals surface area contributed by atoms with Gasteiger partial charge in [0.05, 0.1) is 21.8 Å². The van der Waals surface area contributed by atoms with Gasteiger partial charge in [-0.25, -0.2) is 4.98 Å².